The third-order valence-electron chi connectivity index (χ3n) is 5.05. The van der Waals surface area contributed by atoms with E-state index in [1.54, 1.807) is 0 Å². The van der Waals surface area contributed by atoms with Crippen molar-refractivity contribution in [1.29, 1.82) is 0 Å². The quantitative estimate of drug-likeness (QED) is 0.941. The van der Waals surface area contributed by atoms with E-state index in [0.717, 1.165) is 24.1 Å². The summed E-state index contributed by atoms with van der Waals surface area (Å²) >= 11 is 0. The van der Waals surface area contributed by atoms with Gasteiger partial charge in [-0.2, -0.15) is 0 Å². The smallest absolute Gasteiger partial charge is 0.160 e. The molecule has 2 aromatic rings. The zero-order valence-electron chi connectivity index (χ0n) is 12.6. The molecule has 1 saturated heterocycles. The van der Waals surface area contributed by atoms with Crippen molar-refractivity contribution in [2.45, 2.75) is 63.5 Å². The first-order chi connectivity index (χ1) is 10.4. The zero-order chi connectivity index (χ0) is 14.1. The molecule has 1 unspecified atom stereocenters. The first-order valence-electron chi connectivity index (χ1n) is 8.47. The SMILES string of the molecule is c1cnc2c(c1)nc(CC1CCCN1)n2C1CCCCC1. The van der Waals surface area contributed by atoms with E-state index in [4.69, 9.17) is 4.98 Å². The Hall–Kier alpha value is -1.42. The summed E-state index contributed by atoms with van der Waals surface area (Å²) in [5, 5.41) is 3.61. The van der Waals surface area contributed by atoms with Crippen LogP contribution in [0.15, 0.2) is 18.3 Å². The van der Waals surface area contributed by atoms with Crippen LogP contribution in [0.3, 0.4) is 0 Å². The molecule has 0 spiro atoms. The summed E-state index contributed by atoms with van der Waals surface area (Å²) < 4.78 is 2.47. The number of rotatable bonds is 3. The van der Waals surface area contributed by atoms with Crippen molar-refractivity contribution in [2.75, 3.05) is 6.54 Å². The van der Waals surface area contributed by atoms with Gasteiger partial charge in [-0.05, 0) is 44.4 Å². The van der Waals surface area contributed by atoms with Crippen molar-refractivity contribution in [1.82, 2.24) is 19.9 Å². The van der Waals surface area contributed by atoms with Gasteiger partial charge < -0.3 is 9.88 Å². The van der Waals surface area contributed by atoms with Gasteiger partial charge in [-0.15, -0.1) is 0 Å². The summed E-state index contributed by atoms with van der Waals surface area (Å²) in [5.74, 6) is 1.25. The predicted octanol–water partition coefficient (Wildman–Crippen LogP) is 3.23. The lowest BCUT2D eigenvalue weighted by molar-refractivity contribution is 0.348. The molecule has 0 bridgehead atoms. The first-order valence-corrected chi connectivity index (χ1v) is 8.47. The van der Waals surface area contributed by atoms with E-state index in [1.807, 2.05) is 12.3 Å². The molecule has 1 atom stereocenters. The molecule has 112 valence electrons. The number of nitrogens with zero attached hydrogens (tertiary/aromatic N) is 3. The Kier molecular flexibility index (Phi) is 3.63. The lowest BCUT2D eigenvalue weighted by Gasteiger charge is -2.25. The fraction of sp³-hybridized carbons (Fsp3) is 0.647. The van der Waals surface area contributed by atoms with Crippen LogP contribution in [0.25, 0.3) is 11.2 Å². The maximum absolute atomic E-state index is 4.91. The van der Waals surface area contributed by atoms with Crippen LogP contribution in [0.2, 0.25) is 0 Å². The molecule has 2 aliphatic rings. The van der Waals surface area contributed by atoms with Gasteiger partial charge in [0, 0.05) is 24.7 Å². The Labute approximate surface area is 126 Å². The standard InChI is InChI=1S/C17H24N4/c1-2-7-14(8-3-1)21-16(12-13-6-4-10-18-13)20-15-9-5-11-19-17(15)21/h5,9,11,13-14,18H,1-4,6-8,10,12H2. The maximum atomic E-state index is 4.91. The Morgan fingerprint density at radius 2 is 2.05 bits per heavy atom. The van der Waals surface area contributed by atoms with Crippen LogP contribution in [-0.4, -0.2) is 27.1 Å². The van der Waals surface area contributed by atoms with Crippen molar-refractivity contribution in [3.63, 3.8) is 0 Å². The molecule has 1 aliphatic carbocycles. The van der Waals surface area contributed by atoms with Gasteiger partial charge in [0.15, 0.2) is 5.65 Å². The fourth-order valence-electron chi connectivity index (χ4n) is 3.99. The highest BCUT2D eigenvalue weighted by Crippen LogP contribution is 2.32. The minimum Gasteiger partial charge on any atom is -0.314 e. The van der Waals surface area contributed by atoms with E-state index in [1.165, 1.54) is 50.8 Å². The summed E-state index contributed by atoms with van der Waals surface area (Å²) in [6, 6.07) is 5.31. The van der Waals surface area contributed by atoms with Crippen LogP contribution >= 0.6 is 0 Å². The second kappa shape index (κ2) is 5.76. The number of imidazole rings is 1. The molecule has 0 amide bonds. The Morgan fingerprint density at radius 3 is 2.86 bits per heavy atom. The topological polar surface area (TPSA) is 42.7 Å². The molecule has 4 nitrogen and oxygen atoms in total. The molecular formula is C17H24N4. The fourth-order valence-corrected chi connectivity index (χ4v) is 3.99. The van der Waals surface area contributed by atoms with Crippen molar-refractivity contribution in [3.8, 4) is 0 Å². The second-order valence-corrected chi connectivity index (χ2v) is 6.53. The van der Waals surface area contributed by atoms with Crippen LogP contribution in [0.1, 0.15) is 56.8 Å². The normalized spacial score (nSPS) is 23.9. The lowest BCUT2D eigenvalue weighted by Crippen LogP contribution is -2.26. The molecule has 0 radical (unpaired) electrons. The van der Waals surface area contributed by atoms with Crippen LogP contribution in [0.4, 0.5) is 0 Å². The van der Waals surface area contributed by atoms with E-state index in [0.29, 0.717) is 12.1 Å². The van der Waals surface area contributed by atoms with Gasteiger partial charge in [0.2, 0.25) is 0 Å². The van der Waals surface area contributed by atoms with E-state index in [9.17, 15) is 0 Å². The predicted molar refractivity (Wildman–Crippen MR) is 84.4 cm³/mol. The summed E-state index contributed by atoms with van der Waals surface area (Å²) in [4.78, 5) is 9.54. The van der Waals surface area contributed by atoms with Crippen molar-refractivity contribution in [2.24, 2.45) is 0 Å². The molecule has 1 aliphatic heterocycles. The minimum atomic E-state index is 0.601. The molecule has 1 saturated carbocycles. The largest absolute Gasteiger partial charge is 0.314 e. The van der Waals surface area contributed by atoms with E-state index in [-0.39, 0.29) is 0 Å². The number of hydrogen-bond acceptors (Lipinski definition) is 3. The highest BCUT2D eigenvalue weighted by atomic mass is 15.2. The van der Waals surface area contributed by atoms with Crippen LogP contribution in [0.5, 0.6) is 0 Å². The van der Waals surface area contributed by atoms with Gasteiger partial charge in [0.05, 0.1) is 0 Å². The zero-order valence-corrected chi connectivity index (χ0v) is 12.6. The molecule has 4 heteroatoms. The molecule has 2 fully saturated rings. The van der Waals surface area contributed by atoms with Gasteiger partial charge in [0.25, 0.3) is 0 Å². The van der Waals surface area contributed by atoms with Gasteiger partial charge in [-0.25, -0.2) is 9.97 Å². The maximum Gasteiger partial charge on any atom is 0.160 e. The average molecular weight is 284 g/mol. The molecule has 2 aromatic heterocycles. The highest BCUT2D eigenvalue weighted by molar-refractivity contribution is 5.71. The molecule has 3 heterocycles. The molecule has 21 heavy (non-hydrogen) atoms. The van der Waals surface area contributed by atoms with Gasteiger partial charge >= 0.3 is 0 Å². The molecule has 4 rings (SSSR count). The number of aromatic nitrogens is 3. The summed E-state index contributed by atoms with van der Waals surface area (Å²) in [5.41, 5.74) is 2.16. The van der Waals surface area contributed by atoms with Crippen molar-refractivity contribution < 1.29 is 0 Å². The van der Waals surface area contributed by atoms with E-state index >= 15 is 0 Å². The number of fused-ring (bicyclic) bond motifs is 1. The number of nitrogens with one attached hydrogen (secondary N) is 1. The van der Waals surface area contributed by atoms with Gasteiger partial charge in [-0.3, -0.25) is 0 Å². The lowest BCUT2D eigenvalue weighted by atomic mass is 9.95. The Morgan fingerprint density at radius 1 is 1.14 bits per heavy atom. The Balaban J connectivity index is 1.72. The van der Waals surface area contributed by atoms with Crippen LogP contribution in [-0.2, 0) is 6.42 Å². The summed E-state index contributed by atoms with van der Waals surface area (Å²) in [6.07, 6.45) is 12.2. The van der Waals surface area contributed by atoms with Gasteiger partial charge in [-0.1, -0.05) is 19.3 Å². The third kappa shape index (κ3) is 2.57. The van der Waals surface area contributed by atoms with Gasteiger partial charge in [0.1, 0.15) is 11.3 Å². The summed E-state index contributed by atoms with van der Waals surface area (Å²) in [7, 11) is 0. The highest BCUT2D eigenvalue weighted by Gasteiger charge is 2.24. The molecule has 0 aromatic carbocycles. The molecule has 1 N–H and O–H groups in total. The van der Waals surface area contributed by atoms with Crippen LogP contribution in [0, 0.1) is 0 Å². The third-order valence-corrected chi connectivity index (χ3v) is 5.05. The first kappa shape index (κ1) is 13.3. The van der Waals surface area contributed by atoms with Crippen molar-refractivity contribution >= 4 is 11.2 Å². The minimum absolute atomic E-state index is 0.601. The Bertz CT molecular complexity index is 606. The number of hydrogen-bond donors (Lipinski definition) is 1. The van der Waals surface area contributed by atoms with Crippen LogP contribution < -0.4 is 5.32 Å². The summed E-state index contributed by atoms with van der Waals surface area (Å²) in [6.45, 7) is 1.16. The monoisotopic (exact) mass is 284 g/mol. The van der Waals surface area contributed by atoms with Crippen molar-refractivity contribution in [3.05, 3.63) is 24.2 Å². The number of pyridine rings is 1. The van der Waals surface area contributed by atoms with E-state index < -0.39 is 0 Å². The van der Waals surface area contributed by atoms with E-state index in [2.05, 4.69) is 20.9 Å². The molecular weight excluding hydrogens is 260 g/mol. The average Bonchev–Trinajstić information content (AvgIpc) is 3.15. The second-order valence-electron chi connectivity index (χ2n) is 6.53.